The number of amides is 2. The zero-order chi connectivity index (χ0) is 17.0. The van der Waals surface area contributed by atoms with Crippen molar-refractivity contribution in [1.29, 1.82) is 0 Å². The molecule has 0 bridgehead atoms. The molecule has 0 radical (unpaired) electrons. The van der Waals surface area contributed by atoms with Crippen molar-refractivity contribution >= 4 is 41.2 Å². The van der Waals surface area contributed by atoms with E-state index in [2.05, 4.69) is 10.6 Å². The van der Waals surface area contributed by atoms with E-state index in [9.17, 15) is 19.5 Å². The number of carboxylic acid groups (broad SMARTS) is 1. The molecule has 1 aromatic rings. The van der Waals surface area contributed by atoms with Crippen LogP contribution in [0.3, 0.4) is 0 Å². The number of rotatable bonds is 5. The molecule has 8 nitrogen and oxygen atoms in total. The van der Waals surface area contributed by atoms with Crippen LogP contribution in [-0.4, -0.2) is 36.6 Å². The van der Waals surface area contributed by atoms with Gasteiger partial charge in [0.25, 0.3) is 11.8 Å². The second-order valence-corrected chi connectivity index (χ2v) is 4.77. The van der Waals surface area contributed by atoms with Gasteiger partial charge in [-0.05, 0) is 36.0 Å². The van der Waals surface area contributed by atoms with Crippen LogP contribution in [0.15, 0.2) is 23.8 Å². The molecule has 9 heteroatoms. The van der Waals surface area contributed by atoms with Crippen LogP contribution in [0.2, 0.25) is 0 Å². The second kappa shape index (κ2) is 6.88. The van der Waals surface area contributed by atoms with Gasteiger partial charge >= 0.3 is 0 Å². The Morgan fingerprint density at radius 1 is 1.26 bits per heavy atom. The monoisotopic (exact) mass is 335 g/mol. The molecule has 0 aliphatic carbocycles. The molecule has 1 saturated heterocycles. The molecule has 0 atom stereocenters. The van der Waals surface area contributed by atoms with E-state index in [0.29, 0.717) is 5.56 Å². The zero-order valence-corrected chi connectivity index (χ0v) is 12.7. The molecule has 23 heavy (non-hydrogen) atoms. The number of carbonyl (C=O) groups excluding carboxylic acids is 3. The first-order valence-electron chi connectivity index (χ1n) is 6.29. The van der Waals surface area contributed by atoms with Crippen LogP contribution in [0.5, 0.6) is 11.5 Å². The summed E-state index contributed by atoms with van der Waals surface area (Å²) in [6.07, 6.45) is 1.34. The van der Waals surface area contributed by atoms with E-state index >= 15 is 0 Å². The second-order valence-electron chi connectivity index (χ2n) is 4.37. The van der Waals surface area contributed by atoms with Gasteiger partial charge in [0.2, 0.25) is 0 Å². The minimum Gasteiger partial charge on any atom is -0.546 e. The van der Waals surface area contributed by atoms with E-state index in [-0.39, 0.29) is 22.2 Å². The SMILES string of the molecule is COc1cc(C=C2C(=O)NC(=S)NC2=O)ccc1OCC(=O)[O-]. The van der Waals surface area contributed by atoms with Crippen molar-refractivity contribution < 1.29 is 29.0 Å². The molecule has 1 heterocycles. The average Bonchev–Trinajstić information content (AvgIpc) is 2.49. The van der Waals surface area contributed by atoms with Crippen molar-refractivity contribution in [3.8, 4) is 11.5 Å². The maximum Gasteiger partial charge on any atom is 0.263 e. The van der Waals surface area contributed by atoms with Crippen molar-refractivity contribution in [3.05, 3.63) is 29.3 Å². The van der Waals surface area contributed by atoms with E-state index < -0.39 is 24.4 Å². The summed E-state index contributed by atoms with van der Waals surface area (Å²) in [6, 6.07) is 4.48. The number of carboxylic acids is 1. The Morgan fingerprint density at radius 3 is 2.48 bits per heavy atom. The lowest BCUT2D eigenvalue weighted by molar-refractivity contribution is -0.307. The summed E-state index contributed by atoms with van der Waals surface area (Å²) in [7, 11) is 1.37. The number of ether oxygens (including phenoxy) is 2. The van der Waals surface area contributed by atoms with Crippen LogP contribution in [0.4, 0.5) is 0 Å². The van der Waals surface area contributed by atoms with Gasteiger partial charge in [-0.3, -0.25) is 20.2 Å². The maximum atomic E-state index is 11.8. The van der Waals surface area contributed by atoms with Crippen molar-refractivity contribution in [2.75, 3.05) is 13.7 Å². The van der Waals surface area contributed by atoms with Gasteiger partial charge in [0.05, 0.1) is 13.1 Å². The molecule has 1 aromatic carbocycles. The van der Waals surface area contributed by atoms with Crippen molar-refractivity contribution in [1.82, 2.24) is 10.6 Å². The smallest absolute Gasteiger partial charge is 0.263 e. The molecule has 0 saturated carbocycles. The van der Waals surface area contributed by atoms with Crippen molar-refractivity contribution in [3.63, 3.8) is 0 Å². The van der Waals surface area contributed by atoms with Crippen LogP contribution in [0.25, 0.3) is 6.08 Å². The quantitative estimate of drug-likeness (QED) is 0.392. The zero-order valence-electron chi connectivity index (χ0n) is 11.9. The fourth-order valence-corrected chi connectivity index (χ4v) is 1.99. The number of methoxy groups -OCH3 is 1. The van der Waals surface area contributed by atoms with Crippen LogP contribution in [-0.2, 0) is 14.4 Å². The van der Waals surface area contributed by atoms with E-state index in [0.717, 1.165) is 0 Å². The van der Waals surface area contributed by atoms with Crippen LogP contribution in [0.1, 0.15) is 5.56 Å². The lowest BCUT2D eigenvalue weighted by atomic mass is 10.1. The minimum atomic E-state index is -1.37. The Bertz CT molecular complexity index is 706. The molecule has 1 fully saturated rings. The summed E-state index contributed by atoms with van der Waals surface area (Å²) in [5.41, 5.74) is 0.361. The molecule has 1 aliphatic rings. The van der Waals surface area contributed by atoms with E-state index in [1.54, 1.807) is 0 Å². The third-order valence-electron chi connectivity index (χ3n) is 2.79. The van der Waals surface area contributed by atoms with Gasteiger partial charge < -0.3 is 19.4 Å². The predicted octanol–water partition coefficient (Wildman–Crippen LogP) is -1.26. The highest BCUT2D eigenvalue weighted by Gasteiger charge is 2.25. The lowest BCUT2D eigenvalue weighted by Gasteiger charge is -2.16. The van der Waals surface area contributed by atoms with Gasteiger partial charge in [0, 0.05) is 0 Å². The number of aliphatic carboxylic acids is 1. The summed E-state index contributed by atoms with van der Waals surface area (Å²) in [4.78, 5) is 33.9. The molecule has 120 valence electrons. The fourth-order valence-electron chi connectivity index (χ4n) is 1.80. The van der Waals surface area contributed by atoms with E-state index in [1.807, 2.05) is 0 Å². The molecular formula is C14H11N2O6S-. The number of nitrogens with one attached hydrogen (secondary N) is 2. The fraction of sp³-hybridized carbons (Fsp3) is 0.143. The number of benzene rings is 1. The van der Waals surface area contributed by atoms with E-state index in [4.69, 9.17) is 21.7 Å². The number of hydrogen-bond donors (Lipinski definition) is 2. The largest absolute Gasteiger partial charge is 0.546 e. The average molecular weight is 335 g/mol. The normalized spacial score (nSPS) is 14.0. The van der Waals surface area contributed by atoms with Gasteiger partial charge in [0.1, 0.15) is 12.2 Å². The summed E-state index contributed by atoms with van der Waals surface area (Å²) >= 11 is 4.70. The Morgan fingerprint density at radius 2 is 1.91 bits per heavy atom. The first-order chi connectivity index (χ1) is 10.9. The van der Waals surface area contributed by atoms with Crippen LogP contribution < -0.4 is 25.2 Å². The summed E-state index contributed by atoms with van der Waals surface area (Å²) in [5, 5.41) is 15.0. The standard InChI is InChI=1S/C14H12N2O6S/c1-21-10-5-7(2-3-9(10)22-6-11(17)18)4-8-12(19)15-14(23)16-13(8)20/h2-5H,6H2,1H3,(H,17,18)(H2,15,16,19,20,23)/p-1. The van der Waals surface area contributed by atoms with Gasteiger partial charge in [-0.1, -0.05) is 6.07 Å². The highest BCUT2D eigenvalue weighted by atomic mass is 32.1. The summed E-state index contributed by atoms with van der Waals surface area (Å²) < 4.78 is 10.1. The highest BCUT2D eigenvalue weighted by molar-refractivity contribution is 7.80. The Labute approximate surface area is 136 Å². The molecule has 2 rings (SSSR count). The highest BCUT2D eigenvalue weighted by Crippen LogP contribution is 2.29. The minimum absolute atomic E-state index is 0.0549. The first kappa shape index (κ1) is 16.4. The molecule has 2 N–H and O–H groups in total. The van der Waals surface area contributed by atoms with Gasteiger partial charge in [-0.25, -0.2) is 0 Å². The first-order valence-corrected chi connectivity index (χ1v) is 6.70. The van der Waals surface area contributed by atoms with Gasteiger partial charge in [0.15, 0.2) is 16.6 Å². The molecule has 0 unspecified atom stereocenters. The molecule has 2 amide bonds. The van der Waals surface area contributed by atoms with Crippen molar-refractivity contribution in [2.45, 2.75) is 0 Å². The third kappa shape index (κ3) is 4.04. The van der Waals surface area contributed by atoms with Crippen molar-refractivity contribution in [2.24, 2.45) is 0 Å². The third-order valence-corrected chi connectivity index (χ3v) is 2.99. The Hall–Kier alpha value is -2.94. The number of hydrogen-bond acceptors (Lipinski definition) is 7. The number of thiocarbonyl (C=S) groups is 1. The summed E-state index contributed by atoms with van der Waals surface area (Å²) in [5.74, 6) is -2.17. The molecule has 0 aromatic heterocycles. The predicted molar refractivity (Wildman–Crippen MR) is 80.4 cm³/mol. The molecular weight excluding hydrogens is 324 g/mol. The Kier molecular flexibility index (Phi) is 4.91. The van der Waals surface area contributed by atoms with Gasteiger partial charge in [-0.15, -0.1) is 0 Å². The van der Waals surface area contributed by atoms with Gasteiger partial charge in [-0.2, -0.15) is 0 Å². The summed E-state index contributed by atoms with van der Waals surface area (Å²) in [6.45, 7) is -0.626. The van der Waals surface area contributed by atoms with Crippen LogP contribution >= 0.6 is 12.2 Å². The lowest BCUT2D eigenvalue weighted by Crippen LogP contribution is -2.51. The molecule has 0 spiro atoms. The Balaban J connectivity index is 2.28. The topological polar surface area (TPSA) is 117 Å². The number of carbonyl (C=O) groups is 3. The van der Waals surface area contributed by atoms with E-state index in [1.165, 1.54) is 31.4 Å². The van der Waals surface area contributed by atoms with Crippen LogP contribution in [0, 0.1) is 0 Å². The molecule has 1 aliphatic heterocycles. The maximum absolute atomic E-state index is 11.8.